The second-order valence-electron chi connectivity index (χ2n) is 10.0. The molecule has 0 spiro atoms. The molecule has 0 aliphatic heterocycles. The number of hydrogen-bond acceptors (Lipinski definition) is 6. The van der Waals surface area contributed by atoms with E-state index in [-0.39, 0.29) is 11.7 Å². The minimum absolute atomic E-state index is 0.145. The lowest BCUT2D eigenvalue weighted by Crippen LogP contribution is -2.24. The van der Waals surface area contributed by atoms with Crippen molar-refractivity contribution in [3.63, 3.8) is 0 Å². The van der Waals surface area contributed by atoms with E-state index < -0.39 is 17.4 Å². The predicted octanol–water partition coefficient (Wildman–Crippen LogP) is 6.84. The van der Waals surface area contributed by atoms with Crippen LogP contribution in [-0.4, -0.2) is 29.8 Å². The van der Waals surface area contributed by atoms with E-state index >= 15 is 0 Å². The first-order valence-electron chi connectivity index (χ1n) is 12.3. The van der Waals surface area contributed by atoms with Gasteiger partial charge in [0.15, 0.2) is 11.5 Å². The first-order chi connectivity index (χ1) is 17.2. The van der Waals surface area contributed by atoms with Crippen LogP contribution >= 0.6 is 0 Å². The molecule has 4 rings (SSSR count). The fourth-order valence-corrected chi connectivity index (χ4v) is 4.30. The summed E-state index contributed by atoms with van der Waals surface area (Å²) in [5.41, 5.74) is 1.66. The standard InChI is InChI=1S/C29H33FN2O4/c1-29(2,3)36-28(33)21-14-22(30)16-24(15-21)32(19-20-8-7-13-31-18-20)23-11-12-26(34-4)27(17-23)35-25-9-5-6-10-25/h7-8,11-18,25H,5-6,9-10,19H2,1-4H3. The predicted molar refractivity (Wildman–Crippen MR) is 138 cm³/mol. The lowest BCUT2D eigenvalue weighted by atomic mass is 10.1. The Morgan fingerprint density at radius 1 is 1.06 bits per heavy atom. The Kier molecular flexibility index (Phi) is 7.77. The highest BCUT2D eigenvalue weighted by atomic mass is 19.1. The van der Waals surface area contributed by atoms with E-state index in [1.165, 1.54) is 12.1 Å². The SMILES string of the molecule is COc1ccc(N(Cc2cccnc2)c2cc(F)cc(C(=O)OC(C)(C)C)c2)cc1OC1CCCC1. The van der Waals surface area contributed by atoms with Crippen LogP contribution in [0.1, 0.15) is 62.4 Å². The molecule has 1 aliphatic rings. The van der Waals surface area contributed by atoms with Gasteiger partial charge in [-0.25, -0.2) is 9.18 Å². The highest BCUT2D eigenvalue weighted by molar-refractivity contribution is 5.91. The third-order valence-electron chi connectivity index (χ3n) is 5.95. The Morgan fingerprint density at radius 2 is 1.83 bits per heavy atom. The summed E-state index contributed by atoms with van der Waals surface area (Å²) < 4.78 is 32.2. The monoisotopic (exact) mass is 492 g/mol. The zero-order valence-electron chi connectivity index (χ0n) is 21.3. The first-order valence-corrected chi connectivity index (χ1v) is 12.3. The molecule has 1 heterocycles. The second kappa shape index (κ2) is 11.0. The van der Waals surface area contributed by atoms with E-state index in [4.69, 9.17) is 14.2 Å². The maximum Gasteiger partial charge on any atom is 0.338 e. The van der Waals surface area contributed by atoms with Crippen molar-refractivity contribution in [3.8, 4) is 11.5 Å². The van der Waals surface area contributed by atoms with Crippen molar-refractivity contribution >= 4 is 17.3 Å². The molecule has 1 fully saturated rings. The van der Waals surface area contributed by atoms with Gasteiger partial charge >= 0.3 is 5.97 Å². The molecular formula is C29H33FN2O4. The quantitative estimate of drug-likeness (QED) is 0.321. The van der Waals surface area contributed by atoms with Gasteiger partial charge in [-0.3, -0.25) is 4.98 Å². The van der Waals surface area contributed by atoms with Gasteiger partial charge in [0.2, 0.25) is 0 Å². The van der Waals surface area contributed by atoms with Crippen LogP contribution in [0.25, 0.3) is 0 Å². The van der Waals surface area contributed by atoms with E-state index in [0.717, 1.165) is 36.9 Å². The minimum atomic E-state index is -0.693. The van der Waals surface area contributed by atoms with Gasteiger partial charge in [-0.1, -0.05) is 6.07 Å². The molecule has 2 aromatic carbocycles. The van der Waals surface area contributed by atoms with Crippen LogP contribution in [0.5, 0.6) is 11.5 Å². The minimum Gasteiger partial charge on any atom is -0.493 e. The topological polar surface area (TPSA) is 60.9 Å². The van der Waals surface area contributed by atoms with Crippen molar-refractivity contribution in [1.29, 1.82) is 0 Å². The van der Waals surface area contributed by atoms with Gasteiger partial charge < -0.3 is 19.1 Å². The summed E-state index contributed by atoms with van der Waals surface area (Å²) in [6, 6.07) is 13.7. The molecule has 36 heavy (non-hydrogen) atoms. The summed E-state index contributed by atoms with van der Waals surface area (Å²) >= 11 is 0. The number of aromatic nitrogens is 1. The van der Waals surface area contributed by atoms with E-state index in [1.54, 1.807) is 46.3 Å². The van der Waals surface area contributed by atoms with Crippen LogP contribution in [-0.2, 0) is 11.3 Å². The summed E-state index contributed by atoms with van der Waals surface area (Å²) in [5.74, 6) is 0.174. The maximum absolute atomic E-state index is 14.8. The van der Waals surface area contributed by atoms with Gasteiger partial charge in [-0.2, -0.15) is 0 Å². The molecule has 0 N–H and O–H groups in total. The lowest BCUT2D eigenvalue weighted by molar-refractivity contribution is 0.00690. The van der Waals surface area contributed by atoms with Gasteiger partial charge in [0.25, 0.3) is 0 Å². The molecule has 7 heteroatoms. The van der Waals surface area contributed by atoms with Crippen LogP contribution in [0.4, 0.5) is 15.8 Å². The number of halogens is 1. The molecule has 0 amide bonds. The Balaban J connectivity index is 1.75. The number of carbonyl (C=O) groups excluding carboxylic acids is 1. The van der Waals surface area contributed by atoms with E-state index in [1.807, 2.05) is 35.2 Å². The average molecular weight is 493 g/mol. The van der Waals surface area contributed by atoms with Gasteiger partial charge in [-0.05, 0) is 88.4 Å². The summed E-state index contributed by atoms with van der Waals surface area (Å²) in [4.78, 5) is 18.9. The van der Waals surface area contributed by atoms with Gasteiger partial charge in [-0.15, -0.1) is 0 Å². The lowest BCUT2D eigenvalue weighted by Gasteiger charge is -2.27. The number of ether oxygens (including phenoxy) is 3. The van der Waals surface area contributed by atoms with Crippen molar-refractivity contribution < 1.29 is 23.4 Å². The van der Waals surface area contributed by atoms with E-state index in [0.29, 0.717) is 23.7 Å². The molecule has 6 nitrogen and oxygen atoms in total. The Hall–Kier alpha value is -3.61. The van der Waals surface area contributed by atoms with E-state index in [2.05, 4.69) is 4.98 Å². The second-order valence-corrected chi connectivity index (χ2v) is 10.0. The molecule has 1 saturated carbocycles. The largest absolute Gasteiger partial charge is 0.493 e. The molecule has 0 saturated heterocycles. The van der Waals surface area contributed by atoms with Crippen LogP contribution in [0.3, 0.4) is 0 Å². The molecule has 0 unspecified atom stereocenters. The number of benzene rings is 2. The summed E-state index contributed by atoms with van der Waals surface area (Å²) in [5, 5.41) is 0. The summed E-state index contributed by atoms with van der Waals surface area (Å²) in [6.45, 7) is 5.75. The van der Waals surface area contributed by atoms with Crippen LogP contribution in [0.2, 0.25) is 0 Å². The van der Waals surface area contributed by atoms with Crippen molar-refractivity contribution in [2.75, 3.05) is 12.0 Å². The van der Waals surface area contributed by atoms with E-state index in [9.17, 15) is 9.18 Å². The third-order valence-corrected chi connectivity index (χ3v) is 5.95. The molecule has 190 valence electrons. The number of methoxy groups -OCH3 is 1. The van der Waals surface area contributed by atoms with Crippen LogP contribution in [0, 0.1) is 5.82 Å². The number of rotatable bonds is 8. The van der Waals surface area contributed by atoms with Crippen molar-refractivity contribution in [1.82, 2.24) is 4.98 Å². The number of carbonyl (C=O) groups is 1. The third kappa shape index (κ3) is 6.53. The maximum atomic E-state index is 14.8. The van der Waals surface area contributed by atoms with Crippen LogP contribution < -0.4 is 14.4 Å². The number of esters is 1. The van der Waals surface area contributed by atoms with Crippen LogP contribution in [0.15, 0.2) is 60.9 Å². The number of hydrogen-bond donors (Lipinski definition) is 0. The highest BCUT2D eigenvalue weighted by Crippen LogP contribution is 2.38. The zero-order valence-corrected chi connectivity index (χ0v) is 21.3. The molecule has 0 bridgehead atoms. The molecule has 1 aromatic heterocycles. The van der Waals surface area contributed by atoms with Gasteiger partial charge in [0, 0.05) is 36.4 Å². The highest BCUT2D eigenvalue weighted by Gasteiger charge is 2.23. The fraction of sp³-hybridized carbons (Fsp3) is 0.379. The van der Waals surface area contributed by atoms with Crippen molar-refractivity contribution in [2.24, 2.45) is 0 Å². The molecule has 1 aliphatic carbocycles. The average Bonchev–Trinajstić information content (AvgIpc) is 3.35. The smallest absolute Gasteiger partial charge is 0.338 e. The molecular weight excluding hydrogens is 459 g/mol. The van der Waals surface area contributed by atoms with Gasteiger partial charge in [0.1, 0.15) is 11.4 Å². The Bertz CT molecular complexity index is 1190. The normalized spacial score (nSPS) is 13.9. The summed E-state index contributed by atoms with van der Waals surface area (Å²) in [7, 11) is 1.61. The number of pyridine rings is 1. The van der Waals surface area contributed by atoms with Crippen molar-refractivity contribution in [2.45, 2.75) is 64.7 Å². The number of anilines is 2. The zero-order chi connectivity index (χ0) is 25.7. The Labute approximate surface area is 212 Å². The Morgan fingerprint density at radius 3 is 2.50 bits per heavy atom. The van der Waals surface area contributed by atoms with Gasteiger partial charge in [0.05, 0.1) is 18.8 Å². The summed E-state index contributed by atoms with van der Waals surface area (Å²) in [6.07, 6.45) is 7.94. The fourth-order valence-electron chi connectivity index (χ4n) is 4.30. The molecule has 0 atom stereocenters. The molecule has 0 radical (unpaired) electrons. The first kappa shape index (κ1) is 25.5. The molecule has 3 aromatic rings. The van der Waals surface area contributed by atoms with Crippen molar-refractivity contribution in [3.05, 3.63) is 77.9 Å². The number of nitrogens with zero attached hydrogens (tertiary/aromatic N) is 2.